The summed E-state index contributed by atoms with van der Waals surface area (Å²) in [7, 11) is 3.78. The van der Waals surface area contributed by atoms with Crippen molar-refractivity contribution < 1.29 is 9.59 Å². The van der Waals surface area contributed by atoms with Gasteiger partial charge in [0.2, 0.25) is 11.9 Å². The summed E-state index contributed by atoms with van der Waals surface area (Å²) < 4.78 is 0. The topological polar surface area (TPSA) is 78.4 Å². The van der Waals surface area contributed by atoms with E-state index in [-0.39, 0.29) is 23.7 Å². The summed E-state index contributed by atoms with van der Waals surface area (Å²) in [5.41, 5.74) is 2.55. The van der Waals surface area contributed by atoms with E-state index in [1.54, 1.807) is 6.20 Å². The molecule has 2 fully saturated rings. The third-order valence-corrected chi connectivity index (χ3v) is 6.03. The highest BCUT2D eigenvalue weighted by Crippen LogP contribution is 2.35. The summed E-state index contributed by atoms with van der Waals surface area (Å²) in [4.78, 5) is 38.3. The van der Waals surface area contributed by atoms with Crippen molar-refractivity contribution in [2.45, 2.75) is 38.0 Å². The Bertz CT molecular complexity index is 927. The molecule has 1 saturated carbocycles. The van der Waals surface area contributed by atoms with Crippen LogP contribution in [0.15, 0.2) is 36.5 Å². The molecule has 4 rings (SSSR count). The molecule has 1 aromatic heterocycles. The number of amides is 2. The molecule has 1 aromatic carbocycles. The van der Waals surface area contributed by atoms with Gasteiger partial charge in [0.05, 0.1) is 11.3 Å². The zero-order valence-corrected chi connectivity index (χ0v) is 18.4. The Balaban J connectivity index is 1.42. The van der Waals surface area contributed by atoms with Crippen LogP contribution < -0.4 is 10.2 Å². The zero-order valence-electron chi connectivity index (χ0n) is 18.4. The van der Waals surface area contributed by atoms with Crippen molar-refractivity contribution in [2.75, 3.05) is 38.6 Å². The summed E-state index contributed by atoms with van der Waals surface area (Å²) in [6.07, 6.45) is 6.27. The Morgan fingerprint density at radius 2 is 1.94 bits per heavy atom. The van der Waals surface area contributed by atoms with Crippen LogP contribution >= 0.6 is 0 Å². The number of likely N-dealkylation sites (tertiary alicyclic amines) is 1. The molecular weight excluding hydrogens is 390 g/mol. The van der Waals surface area contributed by atoms with E-state index in [0.717, 1.165) is 44.3 Å². The number of aryl methyl sites for hydroxylation is 1. The van der Waals surface area contributed by atoms with Crippen LogP contribution in [0.5, 0.6) is 0 Å². The number of nitrogens with zero attached hydrogens (tertiary/aromatic N) is 4. The molecule has 1 atom stereocenters. The van der Waals surface area contributed by atoms with Gasteiger partial charge >= 0.3 is 0 Å². The fourth-order valence-electron chi connectivity index (χ4n) is 4.09. The van der Waals surface area contributed by atoms with Crippen molar-refractivity contribution in [1.29, 1.82) is 0 Å². The van der Waals surface area contributed by atoms with E-state index in [0.29, 0.717) is 24.6 Å². The monoisotopic (exact) mass is 421 g/mol. The molecule has 2 heterocycles. The predicted molar refractivity (Wildman–Crippen MR) is 120 cm³/mol. The second-order valence-electron chi connectivity index (χ2n) is 8.75. The molecule has 0 radical (unpaired) electrons. The number of hydrogen-bond donors (Lipinski definition) is 1. The molecule has 1 aliphatic heterocycles. The Kier molecular flexibility index (Phi) is 6.49. The standard InChI is InChI=1S/C24H31N5O2/c1-28(2)24-26-15-20(22(30)25-13-6-9-17-7-4-3-5-8-17)21(27-24)19-12-14-29(16-19)23(31)18-10-11-18/h3-5,7-8,15,18-19H,6,9-14,16H2,1-2H3,(H,25,30). The van der Waals surface area contributed by atoms with Crippen molar-refractivity contribution in [3.8, 4) is 0 Å². The van der Waals surface area contributed by atoms with Gasteiger partial charge in [0, 0.05) is 51.8 Å². The number of rotatable bonds is 8. The first kappa shape index (κ1) is 21.3. The molecule has 7 nitrogen and oxygen atoms in total. The minimum atomic E-state index is -0.139. The summed E-state index contributed by atoms with van der Waals surface area (Å²) >= 11 is 0. The molecule has 1 saturated heterocycles. The molecule has 31 heavy (non-hydrogen) atoms. The minimum Gasteiger partial charge on any atom is -0.352 e. The van der Waals surface area contributed by atoms with Gasteiger partial charge in [-0.25, -0.2) is 9.97 Å². The number of anilines is 1. The molecule has 2 amide bonds. The molecule has 7 heteroatoms. The van der Waals surface area contributed by atoms with E-state index in [9.17, 15) is 9.59 Å². The molecule has 164 valence electrons. The van der Waals surface area contributed by atoms with E-state index in [2.05, 4.69) is 22.4 Å². The van der Waals surface area contributed by atoms with E-state index >= 15 is 0 Å². The third-order valence-electron chi connectivity index (χ3n) is 6.03. The van der Waals surface area contributed by atoms with Crippen LogP contribution in [0.25, 0.3) is 0 Å². The lowest BCUT2D eigenvalue weighted by atomic mass is 9.99. The lowest BCUT2D eigenvalue weighted by Crippen LogP contribution is -2.31. The highest BCUT2D eigenvalue weighted by atomic mass is 16.2. The molecule has 2 aliphatic rings. The summed E-state index contributed by atoms with van der Waals surface area (Å²) in [6, 6.07) is 10.3. The fraction of sp³-hybridized carbons (Fsp3) is 0.500. The van der Waals surface area contributed by atoms with Gasteiger partial charge in [-0.3, -0.25) is 9.59 Å². The van der Waals surface area contributed by atoms with Gasteiger partial charge in [-0.05, 0) is 37.7 Å². The van der Waals surface area contributed by atoms with Gasteiger partial charge in [0.1, 0.15) is 0 Å². The number of benzene rings is 1. The second kappa shape index (κ2) is 9.45. The quantitative estimate of drug-likeness (QED) is 0.663. The maximum Gasteiger partial charge on any atom is 0.254 e. The van der Waals surface area contributed by atoms with Crippen LogP contribution in [0.2, 0.25) is 0 Å². The van der Waals surface area contributed by atoms with E-state index < -0.39 is 0 Å². The van der Waals surface area contributed by atoms with Crippen molar-refractivity contribution in [2.24, 2.45) is 5.92 Å². The second-order valence-corrected chi connectivity index (χ2v) is 8.75. The largest absolute Gasteiger partial charge is 0.352 e. The van der Waals surface area contributed by atoms with Crippen molar-refractivity contribution in [3.63, 3.8) is 0 Å². The molecule has 0 bridgehead atoms. The SMILES string of the molecule is CN(C)c1ncc(C(=O)NCCCc2ccccc2)c(C2CCN(C(=O)C3CC3)C2)n1. The van der Waals surface area contributed by atoms with E-state index in [1.165, 1.54) is 5.56 Å². The van der Waals surface area contributed by atoms with E-state index in [1.807, 2.05) is 42.1 Å². The number of hydrogen-bond acceptors (Lipinski definition) is 5. The number of carbonyl (C=O) groups is 2. The molecule has 2 aromatic rings. The van der Waals surface area contributed by atoms with Crippen LogP contribution in [0.1, 0.15) is 53.2 Å². The lowest BCUT2D eigenvalue weighted by molar-refractivity contribution is -0.131. The van der Waals surface area contributed by atoms with Crippen molar-refractivity contribution >= 4 is 17.8 Å². The van der Waals surface area contributed by atoms with E-state index in [4.69, 9.17) is 4.98 Å². The summed E-state index contributed by atoms with van der Waals surface area (Å²) in [5.74, 6) is 0.988. The lowest BCUT2D eigenvalue weighted by Gasteiger charge is -2.19. The van der Waals surface area contributed by atoms with Gasteiger partial charge < -0.3 is 15.1 Å². The van der Waals surface area contributed by atoms with Crippen LogP contribution in [0, 0.1) is 5.92 Å². The Labute approximate surface area is 183 Å². The van der Waals surface area contributed by atoms with Crippen LogP contribution in [0.4, 0.5) is 5.95 Å². The van der Waals surface area contributed by atoms with Gasteiger partial charge in [-0.15, -0.1) is 0 Å². The highest BCUT2D eigenvalue weighted by molar-refractivity contribution is 5.95. The molecule has 1 unspecified atom stereocenters. The van der Waals surface area contributed by atoms with Crippen LogP contribution in [-0.4, -0.2) is 60.4 Å². The number of carbonyl (C=O) groups excluding carboxylic acids is 2. The summed E-state index contributed by atoms with van der Waals surface area (Å²) in [6.45, 7) is 1.96. The maximum absolute atomic E-state index is 13.0. The number of nitrogens with one attached hydrogen (secondary N) is 1. The number of aromatic nitrogens is 2. The normalized spacial score (nSPS) is 18.1. The van der Waals surface area contributed by atoms with Gasteiger partial charge in [0.15, 0.2) is 0 Å². The predicted octanol–water partition coefficient (Wildman–Crippen LogP) is 2.63. The van der Waals surface area contributed by atoms with Gasteiger partial charge in [-0.2, -0.15) is 0 Å². The summed E-state index contributed by atoms with van der Waals surface area (Å²) in [5, 5.41) is 3.03. The first-order valence-corrected chi connectivity index (χ1v) is 11.2. The third kappa shape index (κ3) is 5.21. The molecular formula is C24H31N5O2. The van der Waals surface area contributed by atoms with Gasteiger partial charge in [-0.1, -0.05) is 30.3 Å². The maximum atomic E-state index is 13.0. The molecule has 1 aliphatic carbocycles. The first-order chi connectivity index (χ1) is 15.0. The average Bonchev–Trinajstić information content (AvgIpc) is 3.52. The highest BCUT2D eigenvalue weighted by Gasteiger charge is 2.38. The molecule has 0 spiro atoms. The van der Waals surface area contributed by atoms with Crippen molar-refractivity contribution in [3.05, 3.63) is 53.3 Å². The van der Waals surface area contributed by atoms with Gasteiger partial charge in [0.25, 0.3) is 5.91 Å². The van der Waals surface area contributed by atoms with Crippen molar-refractivity contribution in [1.82, 2.24) is 20.2 Å². The zero-order chi connectivity index (χ0) is 21.8. The van der Waals surface area contributed by atoms with Crippen LogP contribution in [-0.2, 0) is 11.2 Å². The fourth-order valence-corrected chi connectivity index (χ4v) is 4.09. The average molecular weight is 422 g/mol. The molecule has 1 N–H and O–H groups in total. The Morgan fingerprint density at radius 1 is 1.16 bits per heavy atom. The first-order valence-electron chi connectivity index (χ1n) is 11.2. The minimum absolute atomic E-state index is 0.0643. The van der Waals surface area contributed by atoms with Crippen LogP contribution in [0.3, 0.4) is 0 Å². The Hall–Kier alpha value is -2.96. The smallest absolute Gasteiger partial charge is 0.254 e. The Morgan fingerprint density at radius 3 is 2.65 bits per heavy atom.